The maximum absolute atomic E-state index is 12.1. The Balaban J connectivity index is 1.95. The first-order valence-electron chi connectivity index (χ1n) is 6.82. The fraction of sp³-hybridized carbons (Fsp3) is 1.00. The van der Waals surface area contributed by atoms with Crippen LogP contribution in [0, 0.1) is 5.41 Å². The molecule has 2 saturated carbocycles. The maximum atomic E-state index is 12.1. The second-order valence-electron chi connectivity index (χ2n) is 6.19. The van der Waals surface area contributed by atoms with Gasteiger partial charge in [0.15, 0.2) is 9.84 Å². The summed E-state index contributed by atoms with van der Waals surface area (Å²) in [6.07, 6.45) is 8.11. The van der Waals surface area contributed by atoms with Crippen molar-refractivity contribution in [2.45, 2.75) is 43.3 Å². The van der Waals surface area contributed by atoms with Crippen LogP contribution in [0.15, 0.2) is 0 Å². The molecule has 1 spiro atoms. The minimum atomic E-state index is -2.98. The van der Waals surface area contributed by atoms with Crippen molar-refractivity contribution in [3.63, 3.8) is 0 Å². The van der Waals surface area contributed by atoms with E-state index in [1.165, 1.54) is 31.9 Å². The van der Waals surface area contributed by atoms with Crippen LogP contribution in [0.5, 0.6) is 0 Å². The summed E-state index contributed by atoms with van der Waals surface area (Å²) in [6, 6.07) is 0. The lowest BCUT2D eigenvalue weighted by Crippen LogP contribution is -2.60. The summed E-state index contributed by atoms with van der Waals surface area (Å²) in [6.45, 7) is 1.93. The Morgan fingerprint density at radius 1 is 1.22 bits per heavy atom. The molecule has 0 aliphatic heterocycles. The van der Waals surface area contributed by atoms with Crippen molar-refractivity contribution in [3.05, 3.63) is 0 Å². The van der Waals surface area contributed by atoms with Crippen molar-refractivity contribution in [3.8, 4) is 0 Å². The third kappa shape index (κ3) is 2.58. The van der Waals surface area contributed by atoms with Crippen molar-refractivity contribution >= 4 is 9.84 Å². The SMILES string of the molecule is COCCNCC1(S(C)(=O)=O)CC2(CCCC2)C1. The molecule has 0 saturated heterocycles. The highest BCUT2D eigenvalue weighted by atomic mass is 32.2. The summed E-state index contributed by atoms with van der Waals surface area (Å²) in [5, 5.41) is 3.24. The number of ether oxygens (including phenoxy) is 1. The van der Waals surface area contributed by atoms with E-state index in [0.717, 1.165) is 19.4 Å². The molecule has 0 heterocycles. The van der Waals surface area contributed by atoms with Crippen molar-refractivity contribution in [2.24, 2.45) is 5.41 Å². The van der Waals surface area contributed by atoms with E-state index in [0.29, 0.717) is 18.6 Å². The minimum absolute atomic E-state index is 0.353. The molecule has 1 N–H and O–H groups in total. The highest BCUT2D eigenvalue weighted by Crippen LogP contribution is 2.60. The van der Waals surface area contributed by atoms with Crippen molar-refractivity contribution < 1.29 is 13.2 Å². The van der Waals surface area contributed by atoms with Crippen LogP contribution in [0.3, 0.4) is 0 Å². The molecule has 0 aromatic rings. The van der Waals surface area contributed by atoms with Crippen LogP contribution in [-0.2, 0) is 14.6 Å². The summed E-state index contributed by atoms with van der Waals surface area (Å²) in [4.78, 5) is 0. The highest BCUT2D eigenvalue weighted by Gasteiger charge is 2.59. The van der Waals surface area contributed by atoms with E-state index < -0.39 is 14.6 Å². The number of rotatable bonds is 6. The molecule has 106 valence electrons. The first-order chi connectivity index (χ1) is 8.43. The zero-order chi connectivity index (χ0) is 13.3. The van der Waals surface area contributed by atoms with Gasteiger partial charge in [-0.05, 0) is 31.1 Å². The van der Waals surface area contributed by atoms with E-state index in [1.807, 2.05) is 0 Å². The van der Waals surface area contributed by atoms with Gasteiger partial charge in [0.2, 0.25) is 0 Å². The van der Waals surface area contributed by atoms with Gasteiger partial charge in [-0.25, -0.2) is 8.42 Å². The Morgan fingerprint density at radius 3 is 2.33 bits per heavy atom. The summed E-state index contributed by atoms with van der Waals surface area (Å²) in [7, 11) is -1.32. The highest BCUT2D eigenvalue weighted by molar-refractivity contribution is 7.92. The second kappa shape index (κ2) is 5.10. The van der Waals surface area contributed by atoms with Gasteiger partial charge in [0, 0.05) is 26.5 Å². The van der Waals surface area contributed by atoms with Gasteiger partial charge in [0.25, 0.3) is 0 Å². The largest absolute Gasteiger partial charge is 0.383 e. The normalized spacial score (nSPS) is 25.2. The predicted molar refractivity (Wildman–Crippen MR) is 72.5 cm³/mol. The second-order valence-corrected chi connectivity index (χ2v) is 8.60. The molecular formula is C13H25NO3S. The monoisotopic (exact) mass is 275 g/mol. The van der Waals surface area contributed by atoms with Gasteiger partial charge < -0.3 is 10.1 Å². The Labute approximate surface area is 110 Å². The van der Waals surface area contributed by atoms with Crippen molar-refractivity contribution in [2.75, 3.05) is 33.1 Å². The van der Waals surface area contributed by atoms with Gasteiger partial charge in [-0.15, -0.1) is 0 Å². The molecule has 0 aromatic heterocycles. The molecule has 0 bridgehead atoms. The number of hydrogen-bond donors (Lipinski definition) is 1. The molecule has 5 heteroatoms. The third-order valence-corrected chi connectivity index (χ3v) is 6.78. The average molecular weight is 275 g/mol. The molecule has 2 aliphatic rings. The van der Waals surface area contributed by atoms with Gasteiger partial charge in [-0.2, -0.15) is 0 Å². The van der Waals surface area contributed by atoms with Crippen LogP contribution < -0.4 is 5.32 Å². The summed E-state index contributed by atoms with van der Waals surface area (Å²) >= 11 is 0. The first-order valence-corrected chi connectivity index (χ1v) is 8.72. The molecule has 2 fully saturated rings. The quantitative estimate of drug-likeness (QED) is 0.744. The third-order valence-electron chi connectivity index (χ3n) is 4.78. The van der Waals surface area contributed by atoms with E-state index in [4.69, 9.17) is 4.74 Å². The summed E-state index contributed by atoms with van der Waals surface area (Å²) in [5.74, 6) is 0. The van der Waals surface area contributed by atoms with Gasteiger partial charge in [-0.1, -0.05) is 12.8 Å². The Morgan fingerprint density at radius 2 is 1.83 bits per heavy atom. The van der Waals surface area contributed by atoms with Gasteiger partial charge in [-0.3, -0.25) is 0 Å². The molecule has 4 nitrogen and oxygen atoms in total. The Hall–Kier alpha value is -0.130. The fourth-order valence-corrected chi connectivity index (χ4v) is 5.30. The molecule has 0 aromatic carbocycles. The number of sulfone groups is 1. The molecule has 18 heavy (non-hydrogen) atoms. The summed E-state index contributed by atoms with van der Waals surface area (Å²) in [5.41, 5.74) is 0.353. The predicted octanol–water partition coefficient (Wildman–Crippen LogP) is 1.36. The molecule has 0 unspecified atom stereocenters. The number of hydrogen-bond acceptors (Lipinski definition) is 4. The van der Waals surface area contributed by atoms with E-state index in [9.17, 15) is 8.42 Å². The smallest absolute Gasteiger partial charge is 0.154 e. The Kier molecular flexibility index (Phi) is 4.04. The van der Waals surface area contributed by atoms with Crippen molar-refractivity contribution in [1.29, 1.82) is 0 Å². The average Bonchev–Trinajstić information content (AvgIpc) is 2.70. The van der Waals surface area contributed by atoms with Gasteiger partial charge >= 0.3 is 0 Å². The van der Waals surface area contributed by atoms with E-state index in [2.05, 4.69) is 5.32 Å². The molecule has 2 aliphatic carbocycles. The van der Waals surface area contributed by atoms with Crippen LogP contribution in [-0.4, -0.2) is 46.2 Å². The van der Waals surface area contributed by atoms with E-state index in [1.54, 1.807) is 7.11 Å². The fourth-order valence-electron chi connectivity index (χ4n) is 3.80. The Bertz CT molecular complexity index is 377. The van der Waals surface area contributed by atoms with E-state index in [-0.39, 0.29) is 0 Å². The van der Waals surface area contributed by atoms with E-state index >= 15 is 0 Å². The van der Waals surface area contributed by atoms with Crippen LogP contribution in [0.4, 0.5) is 0 Å². The van der Waals surface area contributed by atoms with Crippen LogP contribution in [0.2, 0.25) is 0 Å². The topological polar surface area (TPSA) is 55.4 Å². The van der Waals surface area contributed by atoms with Crippen molar-refractivity contribution in [1.82, 2.24) is 5.32 Å². The lowest BCUT2D eigenvalue weighted by molar-refractivity contribution is 0.0800. The van der Waals surface area contributed by atoms with Gasteiger partial charge in [0.1, 0.15) is 0 Å². The molecule has 0 amide bonds. The minimum Gasteiger partial charge on any atom is -0.383 e. The lowest BCUT2D eigenvalue weighted by Gasteiger charge is -2.54. The first kappa shape index (κ1) is 14.3. The molecule has 2 rings (SSSR count). The standard InChI is InChI=1S/C13H25NO3S/c1-17-8-7-14-11-13(18(2,15)16)9-12(10-13)5-3-4-6-12/h14H,3-11H2,1-2H3. The van der Waals surface area contributed by atoms with Crippen LogP contribution in [0.1, 0.15) is 38.5 Å². The van der Waals surface area contributed by atoms with Crippen LogP contribution in [0.25, 0.3) is 0 Å². The lowest BCUT2D eigenvalue weighted by atomic mass is 9.60. The zero-order valence-corrected chi connectivity index (χ0v) is 12.3. The number of methoxy groups -OCH3 is 1. The number of nitrogens with one attached hydrogen (secondary N) is 1. The summed E-state index contributed by atoms with van der Waals surface area (Å²) < 4.78 is 28.6. The maximum Gasteiger partial charge on any atom is 0.154 e. The molecule has 0 atom stereocenters. The molecule has 0 radical (unpaired) electrons. The molecular weight excluding hydrogens is 250 g/mol. The van der Waals surface area contributed by atoms with Gasteiger partial charge in [0.05, 0.1) is 11.4 Å². The zero-order valence-electron chi connectivity index (χ0n) is 11.5. The van der Waals surface area contributed by atoms with Crippen LogP contribution >= 0.6 is 0 Å².